The summed E-state index contributed by atoms with van der Waals surface area (Å²) in [4.78, 5) is 27.1. The van der Waals surface area contributed by atoms with Gasteiger partial charge in [0.15, 0.2) is 9.84 Å². The van der Waals surface area contributed by atoms with Gasteiger partial charge in [0.2, 0.25) is 0 Å². The Bertz CT molecular complexity index is 1610. The Labute approximate surface area is 218 Å². The van der Waals surface area contributed by atoms with Gasteiger partial charge in [-0.15, -0.1) is 0 Å². The summed E-state index contributed by atoms with van der Waals surface area (Å²) in [6.45, 7) is 0.361. The highest BCUT2D eigenvalue weighted by molar-refractivity contribution is 7.91. The third kappa shape index (κ3) is 4.55. The number of fused-ring (bicyclic) bond motifs is 2. The third-order valence-electron chi connectivity index (χ3n) is 7.19. The van der Waals surface area contributed by atoms with E-state index in [0.29, 0.717) is 46.5 Å². The molecule has 0 saturated heterocycles. The lowest BCUT2D eigenvalue weighted by Crippen LogP contribution is -2.46. The summed E-state index contributed by atoms with van der Waals surface area (Å²) < 4.78 is 59.8. The smallest absolute Gasteiger partial charge is 0.305 e. The number of hydrogen-bond donors (Lipinski definition) is 1. The summed E-state index contributed by atoms with van der Waals surface area (Å²) in [5, 5.41) is 3.37. The molecule has 5 rings (SSSR count). The average molecular weight is 544 g/mol. The summed E-state index contributed by atoms with van der Waals surface area (Å²) in [7, 11) is -0.551. The molecule has 1 N–H and O–H groups in total. The Morgan fingerprint density at radius 1 is 1.24 bits per heavy atom. The van der Waals surface area contributed by atoms with Crippen LogP contribution in [0.2, 0.25) is 0 Å². The molecule has 0 fully saturated rings. The molecule has 0 radical (unpaired) electrons. The van der Waals surface area contributed by atoms with Crippen LogP contribution in [0, 0.1) is 17.6 Å². The third-order valence-corrected chi connectivity index (χ3v) is 8.02. The van der Waals surface area contributed by atoms with Gasteiger partial charge < -0.3 is 19.5 Å². The summed E-state index contributed by atoms with van der Waals surface area (Å²) in [5.41, 5.74) is 2.95. The predicted molar refractivity (Wildman–Crippen MR) is 140 cm³/mol. The lowest BCUT2D eigenvalue weighted by atomic mass is 9.82. The monoisotopic (exact) mass is 543 g/mol. The first-order chi connectivity index (χ1) is 18.0. The summed E-state index contributed by atoms with van der Waals surface area (Å²) in [6, 6.07) is 4.54. The Hall–Kier alpha value is -3.73. The second kappa shape index (κ2) is 9.54. The molecule has 3 heterocycles. The zero-order chi connectivity index (χ0) is 27.4. The molecule has 200 valence electrons. The van der Waals surface area contributed by atoms with E-state index in [-0.39, 0.29) is 35.3 Å². The maximum absolute atomic E-state index is 15.1. The van der Waals surface area contributed by atoms with Crippen molar-refractivity contribution < 1.29 is 26.7 Å². The first kappa shape index (κ1) is 25.9. The van der Waals surface area contributed by atoms with Crippen molar-refractivity contribution in [2.45, 2.75) is 18.9 Å². The molecule has 2 aliphatic heterocycles. The summed E-state index contributed by atoms with van der Waals surface area (Å²) >= 11 is 0. The van der Waals surface area contributed by atoms with Gasteiger partial charge in [-0.3, -0.25) is 9.59 Å². The van der Waals surface area contributed by atoms with E-state index < -0.39 is 27.5 Å². The van der Waals surface area contributed by atoms with Crippen LogP contribution in [0.3, 0.4) is 0 Å². The molecule has 0 spiro atoms. The van der Waals surface area contributed by atoms with Crippen molar-refractivity contribution in [2.24, 2.45) is 13.0 Å². The highest BCUT2D eigenvalue weighted by Crippen LogP contribution is 2.47. The number of allylic oxidation sites excluding steroid dienone is 1. The van der Waals surface area contributed by atoms with Crippen molar-refractivity contribution in [3.8, 4) is 0 Å². The van der Waals surface area contributed by atoms with Crippen LogP contribution in [0.4, 0.5) is 14.5 Å². The summed E-state index contributed by atoms with van der Waals surface area (Å²) in [5.74, 6) is -2.38. The maximum Gasteiger partial charge on any atom is 0.305 e. The van der Waals surface area contributed by atoms with E-state index in [0.717, 1.165) is 12.3 Å². The average Bonchev–Trinajstić information content (AvgIpc) is 3.16. The van der Waals surface area contributed by atoms with Crippen molar-refractivity contribution >= 4 is 32.8 Å². The molecule has 0 bridgehead atoms. The Kier molecular flexibility index (Phi) is 6.50. The van der Waals surface area contributed by atoms with Gasteiger partial charge in [0, 0.05) is 56.2 Å². The standard InChI is InChI=1S/C27H27F2N3O5S/c1-31-9-8-19-17(14-38(3,35)36)10-16-13-32(21-6-5-18(28)11-20(21)29)26-15(4-7-22(33)37-2)12-30-25(23(16)26)24(19)27(31)34/h5-6,8-11,13,15,26,30H,4,7,12,14H2,1-3H3. The second-order valence-electron chi connectivity index (χ2n) is 9.84. The number of sulfone groups is 1. The molecule has 2 aromatic rings. The maximum atomic E-state index is 15.1. The van der Waals surface area contributed by atoms with E-state index in [1.807, 2.05) is 0 Å². The minimum Gasteiger partial charge on any atom is -0.469 e. The van der Waals surface area contributed by atoms with Crippen LogP contribution in [-0.4, -0.2) is 50.7 Å². The van der Waals surface area contributed by atoms with Crippen LogP contribution in [0.5, 0.6) is 0 Å². The zero-order valence-corrected chi connectivity index (χ0v) is 21.9. The number of pyridine rings is 1. The van der Waals surface area contributed by atoms with Gasteiger partial charge in [-0.2, -0.15) is 0 Å². The van der Waals surface area contributed by atoms with Crippen LogP contribution in [-0.2, 0) is 26.4 Å². The normalized spacial score (nSPS) is 20.2. The number of benzene rings is 1. The van der Waals surface area contributed by atoms with Gasteiger partial charge in [0.05, 0.1) is 35.9 Å². The summed E-state index contributed by atoms with van der Waals surface area (Å²) in [6.07, 6.45) is 6.68. The van der Waals surface area contributed by atoms with E-state index >= 15 is 4.39 Å². The Balaban J connectivity index is 1.76. The van der Waals surface area contributed by atoms with Crippen LogP contribution < -0.4 is 15.8 Å². The number of halogens is 2. The van der Waals surface area contributed by atoms with E-state index in [2.05, 4.69) is 5.32 Å². The number of methoxy groups -OCH3 is 1. The number of aromatic nitrogens is 1. The number of nitrogens with one attached hydrogen (secondary N) is 1. The molecular formula is C27H27F2N3O5S. The van der Waals surface area contributed by atoms with Crippen molar-refractivity contribution in [1.29, 1.82) is 0 Å². The number of carbonyl (C=O) groups is 1. The lowest BCUT2D eigenvalue weighted by Gasteiger charge is -2.38. The van der Waals surface area contributed by atoms with Gasteiger partial charge in [0.1, 0.15) is 11.6 Å². The number of ether oxygens (including phenoxy) is 1. The number of nitrogens with zero attached hydrogens (tertiary/aromatic N) is 2. The van der Waals surface area contributed by atoms with E-state index in [4.69, 9.17) is 4.74 Å². The molecule has 38 heavy (non-hydrogen) atoms. The van der Waals surface area contributed by atoms with Crippen LogP contribution in [0.25, 0.3) is 11.3 Å². The number of hydrogen-bond acceptors (Lipinski definition) is 7. The van der Waals surface area contributed by atoms with E-state index in [1.165, 1.54) is 23.8 Å². The molecule has 2 atom stereocenters. The van der Waals surface area contributed by atoms with Crippen molar-refractivity contribution in [3.63, 3.8) is 0 Å². The molecule has 1 aliphatic carbocycles. The van der Waals surface area contributed by atoms with Crippen LogP contribution in [0.15, 0.2) is 58.7 Å². The largest absolute Gasteiger partial charge is 0.469 e. The number of anilines is 1. The predicted octanol–water partition coefficient (Wildman–Crippen LogP) is 2.76. The fourth-order valence-electron chi connectivity index (χ4n) is 5.52. The highest BCUT2D eigenvalue weighted by Gasteiger charge is 2.44. The molecule has 1 aromatic carbocycles. The van der Waals surface area contributed by atoms with Crippen molar-refractivity contribution in [1.82, 2.24) is 9.88 Å². The zero-order valence-electron chi connectivity index (χ0n) is 21.1. The quantitative estimate of drug-likeness (QED) is 0.560. The highest BCUT2D eigenvalue weighted by atomic mass is 32.2. The number of carbonyl (C=O) groups excluding carboxylic acids is 1. The molecule has 3 aliphatic rings. The van der Waals surface area contributed by atoms with Gasteiger partial charge in [-0.25, -0.2) is 17.2 Å². The number of rotatable bonds is 6. The lowest BCUT2D eigenvalue weighted by molar-refractivity contribution is -0.140. The van der Waals surface area contributed by atoms with Gasteiger partial charge in [-0.05, 0) is 47.4 Å². The van der Waals surface area contributed by atoms with Gasteiger partial charge in [0.25, 0.3) is 5.56 Å². The molecule has 11 heteroatoms. The molecule has 1 aromatic heterocycles. The van der Waals surface area contributed by atoms with Gasteiger partial charge in [-0.1, -0.05) is 0 Å². The fraction of sp³-hybridized carbons (Fsp3) is 0.333. The first-order valence-corrected chi connectivity index (χ1v) is 14.1. The van der Waals surface area contributed by atoms with Crippen LogP contribution >= 0.6 is 0 Å². The van der Waals surface area contributed by atoms with Gasteiger partial charge >= 0.3 is 5.97 Å². The van der Waals surface area contributed by atoms with Crippen molar-refractivity contribution in [3.05, 3.63) is 87.0 Å². The van der Waals surface area contributed by atoms with Crippen LogP contribution in [0.1, 0.15) is 24.0 Å². The van der Waals surface area contributed by atoms with E-state index in [9.17, 15) is 22.4 Å². The molecule has 2 unspecified atom stereocenters. The molecule has 0 amide bonds. The Morgan fingerprint density at radius 3 is 2.68 bits per heavy atom. The first-order valence-electron chi connectivity index (χ1n) is 12.1. The molecule has 0 saturated carbocycles. The van der Waals surface area contributed by atoms with Crippen molar-refractivity contribution in [2.75, 3.05) is 30.6 Å². The minimum absolute atomic E-state index is 0.130. The molecular weight excluding hydrogens is 516 g/mol. The number of esters is 1. The van der Waals surface area contributed by atoms with E-state index in [1.54, 1.807) is 36.5 Å². The number of aryl methyl sites for hydroxylation is 1. The fourth-order valence-corrected chi connectivity index (χ4v) is 6.33. The second-order valence-corrected chi connectivity index (χ2v) is 12.0. The Morgan fingerprint density at radius 2 is 2.00 bits per heavy atom. The SMILES string of the molecule is COC(=O)CCC1CNC2=C3C(=CN(c4ccc(F)cc4F)C31)C=C(CS(C)(=O)=O)c1ccn(C)c(=O)c12. The minimum atomic E-state index is -3.48. The topological polar surface area (TPSA) is 97.7 Å². The molecule has 8 nitrogen and oxygen atoms in total.